The van der Waals surface area contributed by atoms with E-state index in [9.17, 15) is 9.59 Å². The summed E-state index contributed by atoms with van der Waals surface area (Å²) in [6.07, 6.45) is 7.44. The molecule has 4 heterocycles. The van der Waals surface area contributed by atoms with Gasteiger partial charge in [0.15, 0.2) is 5.65 Å². The number of fused-ring (bicyclic) bond motifs is 1. The number of nitrogens with one attached hydrogen (secondary N) is 1. The Labute approximate surface area is 158 Å². The van der Waals surface area contributed by atoms with E-state index in [1.54, 1.807) is 0 Å². The van der Waals surface area contributed by atoms with Crippen LogP contribution in [-0.4, -0.2) is 45.8 Å². The first-order valence-corrected chi connectivity index (χ1v) is 10.0. The molecule has 1 unspecified atom stereocenters. The minimum Gasteiger partial charge on any atom is -0.344 e. The van der Waals surface area contributed by atoms with E-state index in [1.165, 1.54) is 18.4 Å². The van der Waals surface area contributed by atoms with Gasteiger partial charge in [0.25, 0.3) is 0 Å². The Morgan fingerprint density at radius 1 is 1.07 bits per heavy atom. The van der Waals surface area contributed by atoms with Gasteiger partial charge in [-0.05, 0) is 61.8 Å². The number of likely N-dealkylation sites (tertiary alicyclic amines) is 1. The fourth-order valence-corrected chi connectivity index (χ4v) is 4.33. The molecule has 6 heteroatoms. The number of hydrogen-bond acceptors (Lipinski definition) is 4. The minimum atomic E-state index is -0.322. The van der Waals surface area contributed by atoms with Gasteiger partial charge in [-0.1, -0.05) is 0 Å². The summed E-state index contributed by atoms with van der Waals surface area (Å²) < 4.78 is 0. The summed E-state index contributed by atoms with van der Waals surface area (Å²) in [4.78, 5) is 35.2. The van der Waals surface area contributed by atoms with E-state index < -0.39 is 0 Å². The smallest absolute Gasteiger partial charge is 0.245 e. The van der Waals surface area contributed by atoms with Crippen molar-refractivity contribution in [2.75, 3.05) is 13.1 Å². The number of piperidine rings is 1. The van der Waals surface area contributed by atoms with Crippen molar-refractivity contribution < 1.29 is 9.59 Å². The highest BCUT2D eigenvalue weighted by Crippen LogP contribution is 2.40. The molecule has 2 saturated heterocycles. The van der Waals surface area contributed by atoms with Gasteiger partial charge in [-0.25, -0.2) is 9.97 Å². The Morgan fingerprint density at radius 3 is 2.59 bits per heavy atom. The van der Waals surface area contributed by atoms with Crippen LogP contribution in [0.1, 0.15) is 61.6 Å². The molecule has 2 amide bonds. The lowest BCUT2D eigenvalue weighted by molar-refractivity contribution is -0.135. The number of pyridine rings is 2. The molecule has 2 aromatic rings. The summed E-state index contributed by atoms with van der Waals surface area (Å²) in [6.45, 7) is 1.45. The number of nitrogens with zero attached hydrogens (tertiary/aromatic N) is 3. The van der Waals surface area contributed by atoms with E-state index >= 15 is 0 Å². The van der Waals surface area contributed by atoms with Crippen LogP contribution in [-0.2, 0) is 9.59 Å². The number of aromatic nitrogens is 2. The van der Waals surface area contributed by atoms with Crippen LogP contribution in [0, 0.1) is 0 Å². The molecule has 1 aliphatic carbocycles. The highest BCUT2D eigenvalue weighted by atomic mass is 16.2. The first kappa shape index (κ1) is 16.7. The lowest BCUT2D eigenvalue weighted by atomic mass is 9.92. The van der Waals surface area contributed by atoms with Crippen LogP contribution in [0.5, 0.6) is 0 Å². The van der Waals surface area contributed by atoms with Crippen molar-refractivity contribution in [1.29, 1.82) is 0 Å². The molecule has 6 nitrogen and oxygen atoms in total. The average Bonchev–Trinajstić information content (AvgIpc) is 3.47. The maximum atomic E-state index is 12.5. The van der Waals surface area contributed by atoms with Gasteiger partial charge in [-0.3, -0.25) is 9.59 Å². The lowest BCUT2D eigenvalue weighted by Gasteiger charge is -2.33. The molecule has 0 bridgehead atoms. The minimum absolute atomic E-state index is 0.0130. The van der Waals surface area contributed by atoms with Gasteiger partial charge < -0.3 is 10.2 Å². The summed E-state index contributed by atoms with van der Waals surface area (Å²) in [5, 5.41) is 3.90. The second kappa shape index (κ2) is 6.59. The Bertz CT molecular complexity index is 900. The Kier molecular flexibility index (Phi) is 4.06. The quantitative estimate of drug-likeness (QED) is 0.908. The first-order chi connectivity index (χ1) is 13.2. The molecular formula is C21H24N4O2. The number of rotatable bonds is 3. The zero-order valence-corrected chi connectivity index (χ0v) is 15.4. The van der Waals surface area contributed by atoms with Gasteiger partial charge in [0.05, 0.1) is 0 Å². The van der Waals surface area contributed by atoms with E-state index in [0.717, 1.165) is 42.7 Å². The SMILES string of the molecule is O=C1CCC(C(=O)N2CCC(c3ccc4cc(C5CC5)cnc4n3)CC2)N1. The molecule has 0 aromatic carbocycles. The third-order valence-corrected chi connectivity index (χ3v) is 6.15. The van der Waals surface area contributed by atoms with Crippen LogP contribution < -0.4 is 5.32 Å². The predicted molar refractivity (Wildman–Crippen MR) is 101 cm³/mol. The fourth-order valence-electron chi connectivity index (χ4n) is 4.33. The molecule has 0 spiro atoms. The second-order valence-electron chi connectivity index (χ2n) is 8.08. The van der Waals surface area contributed by atoms with E-state index in [-0.39, 0.29) is 17.9 Å². The van der Waals surface area contributed by atoms with E-state index in [4.69, 9.17) is 4.98 Å². The predicted octanol–water partition coefficient (Wildman–Crippen LogP) is 2.49. The van der Waals surface area contributed by atoms with Crippen molar-refractivity contribution >= 4 is 22.8 Å². The van der Waals surface area contributed by atoms with Gasteiger partial charge in [0, 0.05) is 42.7 Å². The van der Waals surface area contributed by atoms with Crippen molar-refractivity contribution in [2.24, 2.45) is 0 Å². The summed E-state index contributed by atoms with van der Waals surface area (Å²) in [5.41, 5.74) is 3.24. The molecule has 3 fully saturated rings. The van der Waals surface area contributed by atoms with Crippen LogP contribution in [0.4, 0.5) is 0 Å². The lowest BCUT2D eigenvalue weighted by Crippen LogP contribution is -2.47. The van der Waals surface area contributed by atoms with Crippen molar-refractivity contribution in [2.45, 2.75) is 56.4 Å². The van der Waals surface area contributed by atoms with Crippen molar-refractivity contribution in [3.63, 3.8) is 0 Å². The molecule has 5 rings (SSSR count). The highest BCUT2D eigenvalue weighted by molar-refractivity contribution is 5.90. The zero-order valence-electron chi connectivity index (χ0n) is 15.4. The van der Waals surface area contributed by atoms with Crippen LogP contribution in [0.15, 0.2) is 24.4 Å². The number of hydrogen-bond donors (Lipinski definition) is 1. The Hall–Kier alpha value is -2.50. The average molecular weight is 364 g/mol. The van der Waals surface area contributed by atoms with Crippen LogP contribution in [0.2, 0.25) is 0 Å². The topological polar surface area (TPSA) is 75.2 Å². The molecule has 2 aliphatic heterocycles. The van der Waals surface area contributed by atoms with Crippen LogP contribution >= 0.6 is 0 Å². The normalized spacial score (nSPS) is 23.6. The van der Waals surface area contributed by atoms with Crippen molar-refractivity contribution in [3.05, 3.63) is 35.7 Å². The highest BCUT2D eigenvalue weighted by Gasteiger charge is 2.33. The van der Waals surface area contributed by atoms with Gasteiger partial charge in [-0.15, -0.1) is 0 Å². The molecule has 1 atom stereocenters. The van der Waals surface area contributed by atoms with Gasteiger partial charge >= 0.3 is 0 Å². The van der Waals surface area contributed by atoms with E-state index in [1.807, 2.05) is 11.1 Å². The monoisotopic (exact) mass is 364 g/mol. The molecule has 2 aromatic heterocycles. The van der Waals surface area contributed by atoms with Crippen molar-refractivity contribution in [1.82, 2.24) is 20.2 Å². The largest absolute Gasteiger partial charge is 0.344 e. The number of carbonyl (C=O) groups is 2. The van der Waals surface area contributed by atoms with Crippen LogP contribution in [0.25, 0.3) is 11.0 Å². The third kappa shape index (κ3) is 3.29. The number of carbonyl (C=O) groups excluding carboxylic acids is 2. The van der Waals surface area contributed by atoms with E-state index in [2.05, 4.69) is 28.5 Å². The standard InChI is InChI=1S/C21H24N4O2/c26-19-6-5-18(23-19)21(27)25-9-7-14(8-10-25)17-4-3-15-11-16(13-1-2-13)12-22-20(15)24-17/h3-4,11-14,18H,1-2,5-10H2,(H,23,26). The summed E-state index contributed by atoms with van der Waals surface area (Å²) >= 11 is 0. The van der Waals surface area contributed by atoms with Crippen LogP contribution in [0.3, 0.4) is 0 Å². The van der Waals surface area contributed by atoms with Crippen molar-refractivity contribution in [3.8, 4) is 0 Å². The molecule has 140 valence electrons. The molecule has 27 heavy (non-hydrogen) atoms. The Balaban J connectivity index is 1.25. The Morgan fingerprint density at radius 2 is 1.89 bits per heavy atom. The molecular weight excluding hydrogens is 340 g/mol. The van der Waals surface area contributed by atoms with E-state index in [0.29, 0.717) is 24.7 Å². The maximum Gasteiger partial charge on any atom is 0.245 e. The molecule has 1 N–H and O–H groups in total. The van der Waals surface area contributed by atoms with Gasteiger partial charge in [-0.2, -0.15) is 0 Å². The fraction of sp³-hybridized carbons (Fsp3) is 0.524. The van der Waals surface area contributed by atoms with Gasteiger partial charge in [0.2, 0.25) is 11.8 Å². The third-order valence-electron chi connectivity index (χ3n) is 6.15. The zero-order chi connectivity index (χ0) is 18.4. The summed E-state index contributed by atoms with van der Waals surface area (Å²) in [5.74, 6) is 1.12. The second-order valence-corrected chi connectivity index (χ2v) is 8.08. The maximum absolute atomic E-state index is 12.5. The first-order valence-electron chi connectivity index (χ1n) is 10.0. The summed E-state index contributed by atoms with van der Waals surface area (Å²) in [6, 6.07) is 6.17. The molecule has 1 saturated carbocycles. The number of amides is 2. The molecule has 0 radical (unpaired) electrons. The van der Waals surface area contributed by atoms with Gasteiger partial charge in [0.1, 0.15) is 6.04 Å². The molecule has 3 aliphatic rings. The summed E-state index contributed by atoms with van der Waals surface area (Å²) in [7, 11) is 0.